The first-order chi connectivity index (χ1) is 9.38. The Kier molecular flexibility index (Phi) is 6.02. The fourth-order valence-electron chi connectivity index (χ4n) is 2.13. The molecule has 0 radical (unpaired) electrons. The fourth-order valence-corrected chi connectivity index (χ4v) is 2.13. The van der Waals surface area contributed by atoms with Gasteiger partial charge in [-0.2, -0.15) is 0 Å². The molecule has 0 saturated carbocycles. The van der Waals surface area contributed by atoms with Crippen molar-refractivity contribution >= 4 is 5.97 Å². The van der Waals surface area contributed by atoms with Crippen LogP contribution in [0.1, 0.15) is 37.3 Å². The van der Waals surface area contributed by atoms with Gasteiger partial charge in [0.05, 0.1) is 13.7 Å². The number of carbonyl (C=O) groups is 1. The maximum absolute atomic E-state index is 11.4. The van der Waals surface area contributed by atoms with Crippen LogP contribution in [0.15, 0.2) is 18.2 Å². The van der Waals surface area contributed by atoms with Gasteiger partial charge < -0.3 is 15.2 Å². The highest BCUT2D eigenvalue weighted by Gasteiger charge is 2.28. The van der Waals surface area contributed by atoms with E-state index in [0.717, 1.165) is 29.7 Å². The third-order valence-corrected chi connectivity index (χ3v) is 3.40. The minimum absolute atomic E-state index is 0.367. The SMILES string of the molecule is COC(=O)C(C)(N)CCCCOc1c(C)cccc1C. The molecule has 1 rings (SSSR count). The molecule has 20 heavy (non-hydrogen) atoms. The van der Waals surface area contributed by atoms with Crippen LogP contribution in [0, 0.1) is 13.8 Å². The number of nitrogens with two attached hydrogens (primary N) is 1. The van der Waals surface area contributed by atoms with Gasteiger partial charge in [0.2, 0.25) is 0 Å². The van der Waals surface area contributed by atoms with Crippen LogP contribution < -0.4 is 10.5 Å². The van der Waals surface area contributed by atoms with Crippen LogP contribution >= 0.6 is 0 Å². The van der Waals surface area contributed by atoms with Gasteiger partial charge in [0.1, 0.15) is 11.3 Å². The minimum atomic E-state index is -0.909. The van der Waals surface area contributed by atoms with Gasteiger partial charge in [-0.05, 0) is 51.2 Å². The summed E-state index contributed by atoms with van der Waals surface area (Å²) in [5.74, 6) is 0.587. The van der Waals surface area contributed by atoms with E-state index in [1.165, 1.54) is 7.11 Å². The third-order valence-electron chi connectivity index (χ3n) is 3.40. The molecule has 0 aliphatic heterocycles. The number of esters is 1. The van der Waals surface area contributed by atoms with Gasteiger partial charge in [0.15, 0.2) is 0 Å². The summed E-state index contributed by atoms with van der Waals surface area (Å²) in [7, 11) is 1.36. The second kappa shape index (κ2) is 7.29. The van der Waals surface area contributed by atoms with Crippen molar-refractivity contribution in [1.82, 2.24) is 0 Å². The molecule has 1 aromatic rings. The van der Waals surface area contributed by atoms with Crippen molar-refractivity contribution in [3.63, 3.8) is 0 Å². The normalized spacial score (nSPS) is 13.7. The molecule has 1 atom stereocenters. The van der Waals surface area contributed by atoms with Crippen molar-refractivity contribution in [3.05, 3.63) is 29.3 Å². The Morgan fingerprint density at radius 3 is 2.40 bits per heavy atom. The van der Waals surface area contributed by atoms with Crippen LogP contribution in [0.3, 0.4) is 0 Å². The van der Waals surface area contributed by atoms with Gasteiger partial charge in [-0.3, -0.25) is 4.79 Å². The summed E-state index contributed by atoms with van der Waals surface area (Å²) < 4.78 is 10.5. The Morgan fingerprint density at radius 1 is 1.25 bits per heavy atom. The number of unbranched alkanes of at least 4 members (excludes halogenated alkanes) is 1. The molecule has 0 spiro atoms. The molecule has 0 saturated heterocycles. The summed E-state index contributed by atoms with van der Waals surface area (Å²) in [6.07, 6.45) is 2.28. The average Bonchev–Trinajstić information content (AvgIpc) is 2.40. The third kappa shape index (κ3) is 4.53. The summed E-state index contributed by atoms with van der Waals surface area (Å²) in [6.45, 7) is 6.40. The first-order valence-corrected chi connectivity index (χ1v) is 6.95. The number of methoxy groups -OCH3 is 1. The van der Waals surface area contributed by atoms with E-state index in [2.05, 4.69) is 4.74 Å². The molecule has 0 bridgehead atoms. The number of rotatable bonds is 7. The van der Waals surface area contributed by atoms with Gasteiger partial charge in [0.25, 0.3) is 0 Å². The van der Waals surface area contributed by atoms with E-state index in [1.807, 2.05) is 32.0 Å². The van der Waals surface area contributed by atoms with Crippen LogP contribution in [-0.4, -0.2) is 25.2 Å². The van der Waals surface area contributed by atoms with Gasteiger partial charge in [-0.25, -0.2) is 0 Å². The molecule has 1 aromatic carbocycles. The molecule has 0 aromatic heterocycles. The van der Waals surface area contributed by atoms with E-state index in [0.29, 0.717) is 13.0 Å². The Hall–Kier alpha value is -1.55. The minimum Gasteiger partial charge on any atom is -0.493 e. The number of hydrogen-bond donors (Lipinski definition) is 1. The van der Waals surface area contributed by atoms with Gasteiger partial charge in [-0.15, -0.1) is 0 Å². The molecule has 112 valence electrons. The summed E-state index contributed by atoms with van der Waals surface area (Å²) >= 11 is 0. The number of aryl methyl sites for hydroxylation is 2. The van der Waals surface area contributed by atoms with Gasteiger partial charge >= 0.3 is 5.97 Å². The second-order valence-electron chi connectivity index (χ2n) is 5.44. The zero-order valence-electron chi connectivity index (χ0n) is 12.9. The summed E-state index contributed by atoms with van der Waals surface area (Å²) in [4.78, 5) is 11.4. The predicted molar refractivity (Wildman–Crippen MR) is 79.9 cm³/mol. The average molecular weight is 279 g/mol. The Labute approximate surface area is 121 Å². The second-order valence-corrected chi connectivity index (χ2v) is 5.44. The Balaban J connectivity index is 2.34. The van der Waals surface area contributed by atoms with Crippen molar-refractivity contribution in [2.75, 3.05) is 13.7 Å². The van der Waals surface area contributed by atoms with Crippen LogP contribution in [0.5, 0.6) is 5.75 Å². The number of ether oxygens (including phenoxy) is 2. The molecule has 0 aliphatic carbocycles. The molecular formula is C16H25NO3. The van der Waals surface area contributed by atoms with E-state index in [1.54, 1.807) is 6.92 Å². The van der Waals surface area contributed by atoms with Crippen LogP contribution in [0.4, 0.5) is 0 Å². The Bertz CT molecular complexity index is 435. The highest BCUT2D eigenvalue weighted by atomic mass is 16.5. The van der Waals surface area contributed by atoms with E-state index >= 15 is 0 Å². The topological polar surface area (TPSA) is 61.5 Å². The van der Waals surface area contributed by atoms with Crippen molar-refractivity contribution in [1.29, 1.82) is 0 Å². The number of carbonyl (C=O) groups excluding carboxylic acids is 1. The molecule has 4 heteroatoms. The maximum Gasteiger partial charge on any atom is 0.325 e. The van der Waals surface area contributed by atoms with Crippen LogP contribution in [0.25, 0.3) is 0 Å². The lowest BCUT2D eigenvalue weighted by atomic mass is 9.96. The summed E-state index contributed by atoms with van der Waals surface area (Å²) in [5, 5.41) is 0. The number of benzene rings is 1. The summed E-state index contributed by atoms with van der Waals surface area (Å²) in [6, 6.07) is 6.10. The molecule has 0 amide bonds. The Morgan fingerprint density at radius 2 is 1.85 bits per heavy atom. The van der Waals surface area contributed by atoms with Crippen molar-refractivity contribution < 1.29 is 14.3 Å². The lowest BCUT2D eigenvalue weighted by molar-refractivity contribution is -0.146. The van der Waals surface area contributed by atoms with Gasteiger partial charge in [-0.1, -0.05) is 18.2 Å². The predicted octanol–water partition coefficient (Wildman–Crippen LogP) is 2.74. The smallest absolute Gasteiger partial charge is 0.325 e. The van der Waals surface area contributed by atoms with Crippen molar-refractivity contribution in [2.45, 2.75) is 45.6 Å². The molecular weight excluding hydrogens is 254 g/mol. The van der Waals surface area contributed by atoms with Gasteiger partial charge in [0, 0.05) is 0 Å². The lowest BCUT2D eigenvalue weighted by Gasteiger charge is -2.21. The van der Waals surface area contributed by atoms with Crippen molar-refractivity contribution in [3.8, 4) is 5.75 Å². The molecule has 0 aliphatic rings. The van der Waals surface area contributed by atoms with E-state index < -0.39 is 5.54 Å². The van der Waals surface area contributed by atoms with E-state index in [9.17, 15) is 4.79 Å². The quantitative estimate of drug-likeness (QED) is 0.616. The standard InChI is InChI=1S/C16H25NO3/c1-12-8-7-9-13(2)14(12)20-11-6-5-10-16(3,17)15(18)19-4/h7-9H,5-6,10-11,17H2,1-4H3. The monoisotopic (exact) mass is 279 g/mol. The lowest BCUT2D eigenvalue weighted by Crippen LogP contribution is -2.45. The van der Waals surface area contributed by atoms with Crippen LogP contribution in [0.2, 0.25) is 0 Å². The first-order valence-electron chi connectivity index (χ1n) is 6.95. The maximum atomic E-state index is 11.4. The molecule has 0 fully saturated rings. The highest BCUT2D eigenvalue weighted by Crippen LogP contribution is 2.22. The molecule has 2 N–H and O–H groups in total. The number of hydrogen-bond acceptors (Lipinski definition) is 4. The fraction of sp³-hybridized carbons (Fsp3) is 0.562. The largest absolute Gasteiger partial charge is 0.493 e. The summed E-state index contributed by atoms with van der Waals surface area (Å²) in [5.41, 5.74) is 7.27. The van der Waals surface area contributed by atoms with Crippen molar-refractivity contribution in [2.24, 2.45) is 5.73 Å². The van der Waals surface area contributed by atoms with E-state index in [4.69, 9.17) is 10.5 Å². The zero-order valence-corrected chi connectivity index (χ0v) is 12.9. The highest BCUT2D eigenvalue weighted by molar-refractivity contribution is 5.79. The molecule has 0 heterocycles. The zero-order chi connectivity index (χ0) is 15.2. The van der Waals surface area contributed by atoms with Crippen LogP contribution in [-0.2, 0) is 9.53 Å². The first kappa shape index (κ1) is 16.5. The van der Waals surface area contributed by atoms with E-state index in [-0.39, 0.29) is 5.97 Å². The molecule has 1 unspecified atom stereocenters. The molecule has 4 nitrogen and oxygen atoms in total. The number of para-hydroxylation sites is 1.